The molecule has 8 nitrogen and oxygen atoms in total. The van der Waals surface area contributed by atoms with Crippen LogP contribution in [0.2, 0.25) is 0 Å². The number of hydrogen-bond donors (Lipinski definition) is 0. The fraction of sp³-hybridized carbons (Fsp3) is 0.444. The molecule has 1 aromatic rings. The van der Waals surface area contributed by atoms with Crippen molar-refractivity contribution in [1.29, 1.82) is 0 Å². The molecule has 0 aliphatic carbocycles. The minimum atomic E-state index is -3.04. The maximum Gasteiger partial charge on any atom is 0.269 e. The zero-order valence-corrected chi connectivity index (χ0v) is 15.9. The lowest BCUT2D eigenvalue weighted by Gasteiger charge is -2.23. The number of non-ortho nitro benzene ring substituents is 1. The van der Waals surface area contributed by atoms with Crippen molar-refractivity contribution in [1.82, 2.24) is 4.90 Å². The molecule has 0 spiro atoms. The predicted molar refractivity (Wildman–Crippen MR) is 101 cm³/mol. The first-order valence-corrected chi connectivity index (χ1v) is 10.4. The minimum Gasteiger partial charge on any atom is -0.342 e. The fourth-order valence-electron chi connectivity index (χ4n) is 2.85. The highest BCUT2D eigenvalue weighted by Gasteiger charge is 2.32. The van der Waals surface area contributed by atoms with Crippen LogP contribution >= 0.6 is 0 Å². The second kappa shape index (κ2) is 8.90. The van der Waals surface area contributed by atoms with E-state index in [0.29, 0.717) is 18.4 Å². The van der Waals surface area contributed by atoms with Crippen LogP contribution in [0.15, 0.2) is 30.3 Å². The Morgan fingerprint density at radius 1 is 1.26 bits per heavy atom. The van der Waals surface area contributed by atoms with E-state index in [9.17, 15) is 28.1 Å². The van der Waals surface area contributed by atoms with Crippen molar-refractivity contribution in [3.05, 3.63) is 46.0 Å². The van der Waals surface area contributed by atoms with Gasteiger partial charge in [-0.15, -0.1) is 0 Å². The minimum absolute atomic E-state index is 0.00610. The number of hydrogen-bond acceptors (Lipinski definition) is 6. The van der Waals surface area contributed by atoms with E-state index in [0.717, 1.165) is 0 Å². The van der Waals surface area contributed by atoms with E-state index in [4.69, 9.17) is 0 Å². The molecule has 0 saturated carbocycles. The van der Waals surface area contributed by atoms with E-state index >= 15 is 0 Å². The third-order valence-electron chi connectivity index (χ3n) is 4.53. The summed E-state index contributed by atoms with van der Waals surface area (Å²) in [6, 6.07) is 5.55. The molecule has 0 bridgehead atoms. The summed E-state index contributed by atoms with van der Waals surface area (Å²) in [6.45, 7) is 0. The molecule has 1 heterocycles. The van der Waals surface area contributed by atoms with Crippen LogP contribution in [-0.4, -0.2) is 54.5 Å². The van der Waals surface area contributed by atoms with Gasteiger partial charge in [-0.25, -0.2) is 8.42 Å². The lowest BCUT2D eigenvalue weighted by molar-refractivity contribution is -0.384. The van der Waals surface area contributed by atoms with E-state index in [2.05, 4.69) is 0 Å². The quantitative estimate of drug-likeness (QED) is 0.378. The standard InChI is InChI=1S/C18H22N2O6S/c1-19(16-11-12-27(25,26)13-16)18(22)4-2-3-17(21)10-7-14-5-8-15(9-6-14)20(23)24/h5-10,16H,2-4,11-13H2,1H3/b10-7+. The topological polar surface area (TPSA) is 115 Å². The zero-order chi connectivity index (χ0) is 20.0. The molecule has 9 heteroatoms. The maximum absolute atomic E-state index is 12.1. The SMILES string of the molecule is CN(C(=O)CCCC(=O)/C=C/c1ccc([N+](=O)[O-])cc1)C1CCS(=O)(=O)C1. The molecule has 1 saturated heterocycles. The first-order valence-electron chi connectivity index (χ1n) is 8.59. The number of rotatable bonds is 8. The Morgan fingerprint density at radius 2 is 1.93 bits per heavy atom. The van der Waals surface area contributed by atoms with Crippen LogP contribution in [0.25, 0.3) is 6.08 Å². The number of nitro groups is 1. The van der Waals surface area contributed by atoms with Gasteiger partial charge in [-0.3, -0.25) is 19.7 Å². The molecule has 27 heavy (non-hydrogen) atoms. The molecule has 1 aliphatic rings. The zero-order valence-electron chi connectivity index (χ0n) is 15.0. The van der Waals surface area contributed by atoms with Gasteiger partial charge in [-0.05, 0) is 36.6 Å². The number of benzene rings is 1. The Hall–Kier alpha value is -2.55. The molecule has 1 atom stereocenters. The summed E-state index contributed by atoms with van der Waals surface area (Å²) in [7, 11) is -1.44. The van der Waals surface area contributed by atoms with Crippen molar-refractivity contribution in [3.63, 3.8) is 0 Å². The highest BCUT2D eigenvalue weighted by Crippen LogP contribution is 2.18. The molecule has 1 aliphatic heterocycles. The molecule has 0 radical (unpaired) electrons. The van der Waals surface area contributed by atoms with E-state index in [1.807, 2.05) is 0 Å². The van der Waals surface area contributed by atoms with Gasteiger partial charge in [-0.2, -0.15) is 0 Å². The number of allylic oxidation sites excluding steroid dienone is 1. The summed E-state index contributed by atoms with van der Waals surface area (Å²) in [5, 5.41) is 10.6. The summed E-state index contributed by atoms with van der Waals surface area (Å²) >= 11 is 0. The van der Waals surface area contributed by atoms with Gasteiger partial charge in [0.1, 0.15) is 0 Å². The summed E-state index contributed by atoms with van der Waals surface area (Å²) in [6.07, 6.45) is 4.19. The van der Waals surface area contributed by atoms with E-state index in [-0.39, 0.29) is 47.8 Å². The van der Waals surface area contributed by atoms with E-state index < -0.39 is 14.8 Å². The highest BCUT2D eigenvalue weighted by atomic mass is 32.2. The van der Waals surface area contributed by atoms with Crippen LogP contribution in [0.3, 0.4) is 0 Å². The largest absolute Gasteiger partial charge is 0.342 e. The van der Waals surface area contributed by atoms with Crippen LogP contribution in [0.5, 0.6) is 0 Å². The van der Waals surface area contributed by atoms with Gasteiger partial charge in [0.05, 0.1) is 16.4 Å². The third kappa shape index (κ3) is 6.28. The second-order valence-corrected chi connectivity index (χ2v) is 8.79. The molecule has 1 amide bonds. The van der Waals surface area contributed by atoms with Gasteiger partial charge in [0.2, 0.25) is 5.91 Å². The number of nitrogens with zero attached hydrogens (tertiary/aromatic N) is 2. The Balaban J connectivity index is 1.75. The monoisotopic (exact) mass is 394 g/mol. The number of carbonyl (C=O) groups excluding carboxylic acids is 2. The van der Waals surface area contributed by atoms with Crippen molar-refractivity contribution in [2.45, 2.75) is 31.7 Å². The second-order valence-electron chi connectivity index (χ2n) is 6.56. The Kier molecular flexibility index (Phi) is 6.84. The molecule has 0 aromatic heterocycles. The number of carbonyl (C=O) groups is 2. The van der Waals surface area contributed by atoms with Gasteiger partial charge in [0, 0.05) is 38.1 Å². The highest BCUT2D eigenvalue weighted by molar-refractivity contribution is 7.91. The molecule has 2 rings (SSSR count). The average Bonchev–Trinajstić information content (AvgIpc) is 2.99. The number of amides is 1. The van der Waals surface area contributed by atoms with Crippen LogP contribution in [0.4, 0.5) is 5.69 Å². The first-order chi connectivity index (χ1) is 12.7. The van der Waals surface area contributed by atoms with Crippen molar-refractivity contribution in [2.75, 3.05) is 18.6 Å². The third-order valence-corrected chi connectivity index (χ3v) is 6.28. The summed E-state index contributed by atoms with van der Waals surface area (Å²) in [4.78, 5) is 35.6. The summed E-state index contributed by atoms with van der Waals surface area (Å²) in [5.41, 5.74) is 0.656. The Bertz CT molecular complexity index is 845. The van der Waals surface area contributed by atoms with Gasteiger partial charge in [0.15, 0.2) is 15.6 Å². The summed E-state index contributed by atoms with van der Waals surface area (Å²) in [5.74, 6) is -0.190. The molecule has 0 N–H and O–H groups in total. The molecular formula is C18H22N2O6S. The van der Waals surface area contributed by atoms with Crippen molar-refractivity contribution < 1.29 is 22.9 Å². The van der Waals surface area contributed by atoms with Crippen LogP contribution < -0.4 is 0 Å². The van der Waals surface area contributed by atoms with Gasteiger partial charge >= 0.3 is 0 Å². The van der Waals surface area contributed by atoms with E-state index in [1.54, 1.807) is 25.3 Å². The maximum atomic E-state index is 12.1. The fourth-order valence-corrected chi connectivity index (χ4v) is 4.63. The summed E-state index contributed by atoms with van der Waals surface area (Å²) < 4.78 is 23.0. The predicted octanol–water partition coefficient (Wildman–Crippen LogP) is 1.99. The van der Waals surface area contributed by atoms with Gasteiger partial charge in [-0.1, -0.05) is 6.08 Å². The Labute approximate surface area is 157 Å². The molecule has 1 fully saturated rings. The lowest BCUT2D eigenvalue weighted by Crippen LogP contribution is -2.37. The number of nitro benzene ring substituents is 1. The van der Waals surface area contributed by atoms with E-state index in [1.165, 1.54) is 23.1 Å². The van der Waals surface area contributed by atoms with Crippen molar-refractivity contribution in [3.8, 4) is 0 Å². The van der Waals surface area contributed by atoms with Crippen LogP contribution in [0, 0.1) is 10.1 Å². The molecule has 1 unspecified atom stereocenters. The lowest BCUT2D eigenvalue weighted by atomic mass is 10.1. The molecule has 146 valence electrons. The molecular weight excluding hydrogens is 372 g/mol. The Morgan fingerprint density at radius 3 is 2.48 bits per heavy atom. The van der Waals surface area contributed by atoms with Crippen molar-refractivity contribution in [2.24, 2.45) is 0 Å². The normalized spacial score (nSPS) is 18.5. The number of ketones is 1. The van der Waals surface area contributed by atoms with Crippen LogP contribution in [-0.2, 0) is 19.4 Å². The van der Waals surface area contributed by atoms with Crippen LogP contribution in [0.1, 0.15) is 31.2 Å². The first kappa shape index (κ1) is 20.8. The smallest absolute Gasteiger partial charge is 0.269 e. The number of sulfone groups is 1. The van der Waals surface area contributed by atoms with Gasteiger partial charge < -0.3 is 4.90 Å². The van der Waals surface area contributed by atoms with Gasteiger partial charge in [0.25, 0.3) is 5.69 Å². The van der Waals surface area contributed by atoms with Crippen molar-refractivity contribution >= 4 is 33.3 Å². The average molecular weight is 394 g/mol. The molecule has 1 aromatic carbocycles.